The lowest BCUT2D eigenvalue weighted by atomic mass is 10.5. The van der Waals surface area contributed by atoms with Crippen molar-refractivity contribution in [1.29, 1.82) is 0 Å². The van der Waals surface area contributed by atoms with Gasteiger partial charge in [-0.2, -0.15) is 0 Å². The summed E-state index contributed by atoms with van der Waals surface area (Å²) in [5, 5.41) is 4.00. The molecule has 0 spiro atoms. The summed E-state index contributed by atoms with van der Waals surface area (Å²) in [6.45, 7) is 1.46. The number of carbonyl (C=O) groups is 1. The molecule has 2 aromatic heterocycles. The van der Waals surface area contributed by atoms with Crippen LogP contribution in [0.1, 0.15) is 6.92 Å². The maximum absolute atomic E-state index is 11.6. The molecular weight excluding hydrogens is 182 g/mol. The van der Waals surface area contributed by atoms with Crippen LogP contribution < -0.4 is 5.69 Å². The molecule has 0 aromatic carbocycles. The zero-order valence-corrected chi connectivity index (χ0v) is 7.67. The molecule has 0 fully saturated rings. The van der Waals surface area contributed by atoms with E-state index >= 15 is 0 Å². The van der Waals surface area contributed by atoms with Crippen LogP contribution in [0.4, 0.5) is 0 Å². The number of carbonyl (C=O) groups excluding carboxylic acids is 1. The minimum atomic E-state index is -0.282. The van der Waals surface area contributed by atoms with Crippen molar-refractivity contribution < 1.29 is 4.79 Å². The highest BCUT2D eigenvalue weighted by molar-refractivity contribution is 5.75. The Hall–Kier alpha value is -1.91. The van der Waals surface area contributed by atoms with Gasteiger partial charge in [-0.1, -0.05) is 6.07 Å². The van der Waals surface area contributed by atoms with E-state index in [0.29, 0.717) is 5.65 Å². The number of fused-ring (bicyclic) bond motifs is 1. The fourth-order valence-corrected chi connectivity index (χ4v) is 1.28. The van der Waals surface area contributed by atoms with E-state index in [1.54, 1.807) is 24.4 Å². The Morgan fingerprint density at radius 1 is 1.50 bits per heavy atom. The number of pyridine rings is 1. The molecule has 0 bridgehead atoms. The quantitative estimate of drug-likeness (QED) is 0.675. The minimum absolute atomic E-state index is 0.0283. The second-order valence-electron chi connectivity index (χ2n) is 3.07. The highest BCUT2D eigenvalue weighted by atomic mass is 16.2. The van der Waals surface area contributed by atoms with Crippen LogP contribution in [0.3, 0.4) is 0 Å². The SMILES string of the molecule is CC(=O)Cn1nc2ccccn2c1=O. The summed E-state index contributed by atoms with van der Waals surface area (Å²) in [4.78, 5) is 22.4. The molecule has 0 N–H and O–H groups in total. The number of hydrogen-bond acceptors (Lipinski definition) is 3. The van der Waals surface area contributed by atoms with E-state index in [-0.39, 0.29) is 18.0 Å². The molecule has 0 saturated heterocycles. The van der Waals surface area contributed by atoms with Crippen LogP contribution in [-0.2, 0) is 11.3 Å². The van der Waals surface area contributed by atoms with Crippen molar-refractivity contribution in [3.63, 3.8) is 0 Å². The van der Waals surface area contributed by atoms with Crippen molar-refractivity contribution in [2.75, 3.05) is 0 Å². The maximum atomic E-state index is 11.6. The molecule has 0 aliphatic rings. The molecule has 0 radical (unpaired) electrons. The number of aromatic nitrogens is 3. The van der Waals surface area contributed by atoms with E-state index in [4.69, 9.17) is 0 Å². The summed E-state index contributed by atoms with van der Waals surface area (Å²) in [6, 6.07) is 5.26. The lowest BCUT2D eigenvalue weighted by molar-refractivity contribution is -0.117. The number of hydrogen-bond donors (Lipinski definition) is 0. The van der Waals surface area contributed by atoms with Gasteiger partial charge in [0.25, 0.3) is 0 Å². The Bertz CT molecular complexity index is 538. The van der Waals surface area contributed by atoms with Gasteiger partial charge in [-0.3, -0.25) is 9.20 Å². The summed E-state index contributed by atoms with van der Waals surface area (Å²) in [5.41, 5.74) is 0.273. The summed E-state index contributed by atoms with van der Waals surface area (Å²) < 4.78 is 2.57. The van der Waals surface area contributed by atoms with Crippen LogP contribution in [0.25, 0.3) is 5.65 Å². The average molecular weight is 191 g/mol. The monoisotopic (exact) mass is 191 g/mol. The molecule has 0 aliphatic heterocycles. The molecule has 2 aromatic rings. The Labute approximate surface area is 79.6 Å². The lowest BCUT2D eigenvalue weighted by Gasteiger charge is -1.90. The molecule has 0 aliphatic carbocycles. The Morgan fingerprint density at radius 2 is 2.29 bits per heavy atom. The zero-order valence-electron chi connectivity index (χ0n) is 7.67. The molecule has 2 heterocycles. The van der Waals surface area contributed by atoms with Crippen LogP contribution in [-0.4, -0.2) is 20.0 Å². The van der Waals surface area contributed by atoms with E-state index < -0.39 is 0 Å². The summed E-state index contributed by atoms with van der Waals surface area (Å²) in [7, 11) is 0. The lowest BCUT2D eigenvalue weighted by Crippen LogP contribution is -2.23. The van der Waals surface area contributed by atoms with Crippen LogP contribution >= 0.6 is 0 Å². The second-order valence-corrected chi connectivity index (χ2v) is 3.07. The predicted molar refractivity (Wildman–Crippen MR) is 50.1 cm³/mol. The third-order valence-corrected chi connectivity index (χ3v) is 1.86. The first kappa shape index (κ1) is 8.68. The predicted octanol–water partition coefficient (Wildman–Crippen LogP) is 0.0850. The number of Topliss-reactive ketones (excluding diaryl/α,β-unsaturated/α-hetero) is 1. The molecule has 2 rings (SSSR count). The van der Waals surface area contributed by atoms with Crippen molar-refractivity contribution in [2.24, 2.45) is 0 Å². The standard InChI is InChI=1S/C9H9N3O2/c1-7(13)6-12-9(14)11-5-3-2-4-8(11)10-12/h2-5H,6H2,1H3. The fraction of sp³-hybridized carbons (Fsp3) is 0.222. The third kappa shape index (κ3) is 1.32. The van der Waals surface area contributed by atoms with Gasteiger partial charge in [0.2, 0.25) is 0 Å². The van der Waals surface area contributed by atoms with Gasteiger partial charge in [-0.15, -0.1) is 5.10 Å². The van der Waals surface area contributed by atoms with Gasteiger partial charge in [0, 0.05) is 6.20 Å². The van der Waals surface area contributed by atoms with Gasteiger partial charge >= 0.3 is 5.69 Å². The molecular formula is C9H9N3O2. The summed E-state index contributed by atoms with van der Waals surface area (Å²) >= 11 is 0. The number of ketones is 1. The van der Waals surface area contributed by atoms with Crippen molar-refractivity contribution in [3.05, 3.63) is 34.9 Å². The largest absolute Gasteiger partial charge is 0.350 e. The number of nitrogens with zero attached hydrogens (tertiary/aromatic N) is 3. The molecule has 0 unspecified atom stereocenters. The van der Waals surface area contributed by atoms with Crippen molar-refractivity contribution in [2.45, 2.75) is 13.5 Å². The van der Waals surface area contributed by atoms with Crippen molar-refractivity contribution >= 4 is 11.4 Å². The first-order chi connectivity index (χ1) is 6.68. The second kappa shape index (κ2) is 3.10. The van der Waals surface area contributed by atoms with E-state index in [1.165, 1.54) is 11.3 Å². The third-order valence-electron chi connectivity index (χ3n) is 1.86. The van der Waals surface area contributed by atoms with Crippen LogP contribution in [0.2, 0.25) is 0 Å². The van der Waals surface area contributed by atoms with Gasteiger partial charge in [0.05, 0.1) is 0 Å². The molecule has 5 heteroatoms. The average Bonchev–Trinajstić information content (AvgIpc) is 2.44. The Balaban J connectivity index is 2.63. The molecule has 0 amide bonds. The van der Waals surface area contributed by atoms with Crippen molar-refractivity contribution in [3.8, 4) is 0 Å². The van der Waals surface area contributed by atoms with E-state index in [2.05, 4.69) is 5.10 Å². The van der Waals surface area contributed by atoms with Gasteiger partial charge in [-0.25, -0.2) is 9.48 Å². The highest BCUT2D eigenvalue weighted by Crippen LogP contribution is 1.94. The first-order valence-corrected chi connectivity index (χ1v) is 4.22. The highest BCUT2D eigenvalue weighted by Gasteiger charge is 2.06. The van der Waals surface area contributed by atoms with Gasteiger partial charge in [-0.05, 0) is 19.1 Å². The Morgan fingerprint density at radius 3 is 2.93 bits per heavy atom. The molecule has 0 atom stereocenters. The van der Waals surface area contributed by atoms with Crippen LogP contribution in [0.15, 0.2) is 29.2 Å². The van der Waals surface area contributed by atoms with E-state index in [9.17, 15) is 9.59 Å². The fourth-order valence-electron chi connectivity index (χ4n) is 1.28. The molecule has 72 valence electrons. The van der Waals surface area contributed by atoms with Crippen LogP contribution in [0, 0.1) is 0 Å². The topological polar surface area (TPSA) is 56.4 Å². The van der Waals surface area contributed by atoms with E-state index in [1.807, 2.05) is 0 Å². The molecule has 14 heavy (non-hydrogen) atoms. The van der Waals surface area contributed by atoms with Crippen LogP contribution in [0.5, 0.6) is 0 Å². The molecule has 5 nitrogen and oxygen atoms in total. The smallest absolute Gasteiger partial charge is 0.298 e. The van der Waals surface area contributed by atoms with E-state index in [0.717, 1.165) is 4.68 Å². The zero-order chi connectivity index (χ0) is 10.1. The van der Waals surface area contributed by atoms with Gasteiger partial charge in [0.15, 0.2) is 11.4 Å². The van der Waals surface area contributed by atoms with Gasteiger partial charge in [0.1, 0.15) is 6.54 Å². The molecule has 0 saturated carbocycles. The maximum Gasteiger partial charge on any atom is 0.350 e. The Kier molecular flexibility index (Phi) is 1.92. The minimum Gasteiger partial charge on any atom is -0.298 e. The summed E-state index contributed by atoms with van der Waals surface area (Å²) in [6.07, 6.45) is 1.63. The van der Waals surface area contributed by atoms with Crippen molar-refractivity contribution in [1.82, 2.24) is 14.2 Å². The normalized spacial score (nSPS) is 10.6. The first-order valence-electron chi connectivity index (χ1n) is 4.22. The summed E-state index contributed by atoms with van der Waals surface area (Å²) in [5.74, 6) is -0.0875. The number of rotatable bonds is 2. The van der Waals surface area contributed by atoms with Gasteiger partial charge < -0.3 is 0 Å².